The van der Waals surface area contributed by atoms with Gasteiger partial charge in [-0.05, 0) is 6.92 Å². The van der Waals surface area contributed by atoms with E-state index in [1.807, 2.05) is 6.92 Å². The van der Waals surface area contributed by atoms with Crippen molar-refractivity contribution in [1.82, 2.24) is 0 Å². The van der Waals surface area contributed by atoms with Crippen molar-refractivity contribution < 1.29 is 14.6 Å². The van der Waals surface area contributed by atoms with Gasteiger partial charge >= 0.3 is 0 Å². The third kappa shape index (κ3) is 2.25. The number of hydrogen-bond acceptors (Lipinski definition) is 3. The summed E-state index contributed by atoms with van der Waals surface area (Å²) in [6.45, 7) is 3.73. The van der Waals surface area contributed by atoms with E-state index in [0.29, 0.717) is 26.2 Å². The first-order valence-corrected chi connectivity index (χ1v) is 3.70. The summed E-state index contributed by atoms with van der Waals surface area (Å²) < 4.78 is 10.3. The van der Waals surface area contributed by atoms with Crippen molar-refractivity contribution in [3.63, 3.8) is 0 Å². The third-order valence-electron chi connectivity index (χ3n) is 1.55. The van der Waals surface area contributed by atoms with Crippen LogP contribution in [0.3, 0.4) is 0 Å². The van der Waals surface area contributed by atoms with Crippen LogP contribution in [0.2, 0.25) is 0 Å². The molecule has 0 aromatic carbocycles. The molecule has 0 bridgehead atoms. The molecular formula is C7H14O3. The van der Waals surface area contributed by atoms with Crippen LogP contribution in [0, 0.1) is 0 Å². The number of aliphatic hydroxyl groups excluding tert-OH is 1. The van der Waals surface area contributed by atoms with E-state index >= 15 is 0 Å². The molecule has 60 valence electrons. The molecule has 10 heavy (non-hydrogen) atoms. The highest BCUT2D eigenvalue weighted by molar-refractivity contribution is 4.69. The fourth-order valence-corrected chi connectivity index (χ4v) is 1.13. The summed E-state index contributed by atoms with van der Waals surface area (Å²) >= 11 is 0. The van der Waals surface area contributed by atoms with Gasteiger partial charge in [-0.3, -0.25) is 0 Å². The Balaban J connectivity index is 2.18. The van der Waals surface area contributed by atoms with E-state index in [1.54, 1.807) is 0 Å². The Morgan fingerprint density at radius 2 is 2.40 bits per heavy atom. The van der Waals surface area contributed by atoms with E-state index in [-0.39, 0.29) is 12.2 Å². The smallest absolute Gasteiger partial charge is 0.0833 e. The van der Waals surface area contributed by atoms with Crippen LogP contribution in [-0.4, -0.2) is 37.1 Å². The molecular weight excluding hydrogens is 132 g/mol. The van der Waals surface area contributed by atoms with Crippen molar-refractivity contribution in [2.75, 3.05) is 19.8 Å². The maximum atomic E-state index is 9.10. The minimum Gasteiger partial charge on any atom is -0.391 e. The van der Waals surface area contributed by atoms with Crippen molar-refractivity contribution in [1.29, 1.82) is 0 Å². The predicted molar refractivity (Wildman–Crippen MR) is 36.9 cm³/mol. The van der Waals surface area contributed by atoms with Crippen LogP contribution < -0.4 is 0 Å². The largest absolute Gasteiger partial charge is 0.391 e. The van der Waals surface area contributed by atoms with Gasteiger partial charge in [0.05, 0.1) is 25.4 Å². The number of hydrogen-bond donors (Lipinski definition) is 1. The van der Waals surface area contributed by atoms with Crippen molar-refractivity contribution >= 4 is 0 Å². The van der Waals surface area contributed by atoms with Crippen LogP contribution in [0.15, 0.2) is 0 Å². The highest BCUT2D eigenvalue weighted by atomic mass is 16.5. The molecule has 0 amide bonds. The Morgan fingerprint density at radius 3 is 3.00 bits per heavy atom. The third-order valence-corrected chi connectivity index (χ3v) is 1.55. The fourth-order valence-electron chi connectivity index (χ4n) is 1.13. The Hall–Kier alpha value is -0.120. The van der Waals surface area contributed by atoms with Crippen LogP contribution in [0.5, 0.6) is 0 Å². The molecule has 1 rings (SSSR count). The SMILES string of the molecule is CCOC1COCC(O)C1. The Kier molecular flexibility index (Phi) is 3.12. The van der Waals surface area contributed by atoms with Crippen molar-refractivity contribution in [3.05, 3.63) is 0 Å². The molecule has 1 aliphatic heterocycles. The zero-order chi connectivity index (χ0) is 7.40. The topological polar surface area (TPSA) is 38.7 Å². The summed E-state index contributed by atoms with van der Waals surface area (Å²) in [7, 11) is 0. The van der Waals surface area contributed by atoms with Gasteiger partial charge in [0.1, 0.15) is 0 Å². The summed E-state index contributed by atoms with van der Waals surface area (Å²) in [5.41, 5.74) is 0. The fraction of sp³-hybridized carbons (Fsp3) is 1.00. The summed E-state index contributed by atoms with van der Waals surface area (Å²) in [5, 5.41) is 9.10. The molecule has 2 atom stereocenters. The van der Waals surface area contributed by atoms with Gasteiger partial charge in [-0.25, -0.2) is 0 Å². The molecule has 1 heterocycles. The first kappa shape index (κ1) is 7.98. The van der Waals surface area contributed by atoms with E-state index in [9.17, 15) is 0 Å². The van der Waals surface area contributed by atoms with Crippen molar-refractivity contribution in [2.24, 2.45) is 0 Å². The molecule has 2 unspecified atom stereocenters. The first-order valence-electron chi connectivity index (χ1n) is 3.70. The monoisotopic (exact) mass is 146 g/mol. The minimum atomic E-state index is -0.328. The van der Waals surface area contributed by atoms with Gasteiger partial charge in [-0.2, -0.15) is 0 Å². The van der Waals surface area contributed by atoms with E-state index in [1.165, 1.54) is 0 Å². The zero-order valence-electron chi connectivity index (χ0n) is 6.25. The molecule has 1 N–H and O–H groups in total. The summed E-state index contributed by atoms with van der Waals surface area (Å²) in [6, 6.07) is 0. The van der Waals surface area contributed by atoms with Gasteiger partial charge in [0.2, 0.25) is 0 Å². The Bertz CT molecular complexity index is 92.9. The second-order valence-corrected chi connectivity index (χ2v) is 2.50. The number of aliphatic hydroxyl groups is 1. The van der Waals surface area contributed by atoms with Crippen LogP contribution in [0.4, 0.5) is 0 Å². The Morgan fingerprint density at radius 1 is 1.60 bits per heavy atom. The van der Waals surface area contributed by atoms with Gasteiger partial charge in [-0.1, -0.05) is 0 Å². The zero-order valence-corrected chi connectivity index (χ0v) is 6.25. The van der Waals surface area contributed by atoms with E-state index < -0.39 is 0 Å². The lowest BCUT2D eigenvalue weighted by molar-refractivity contribution is -0.0959. The highest BCUT2D eigenvalue weighted by Gasteiger charge is 2.20. The lowest BCUT2D eigenvalue weighted by Crippen LogP contribution is -2.34. The van der Waals surface area contributed by atoms with Crippen molar-refractivity contribution in [2.45, 2.75) is 25.6 Å². The normalized spacial score (nSPS) is 34.2. The summed E-state index contributed by atoms with van der Waals surface area (Å²) in [4.78, 5) is 0. The highest BCUT2D eigenvalue weighted by Crippen LogP contribution is 2.09. The molecule has 3 heteroatoms. The molecule has 3 nitrogen and oxygen atoms in total. The van der Waals surface area contributed by atoms with E-state index in [4.69, 9.17) is 14.6 Å². The van der Waals surface area contributed by atoms with Gasteiger partial charge in [0, 0.05) is 13.0 Å². The standard InChI is InChI=1S/C7H14O3/c1-2-10-7-3-6(8)4-9-5-7/h6-8H,2-5H2,1H3. The average Bonchev–Trinajstić information content (AvgIpc) is 1.88. The van der Waals surface area contributed by atoms with E-state index in [2.05, 4.69) is 0 Å². The van der Waals surface area contributed by atoms with Crippen LogP contribution in [-0.2, 0) is 9.47 Å². The van der Waals surface area contributed by atoms with Crippen molar-refractivity contribution in [3.8, 4) is 0 Å². The van der Waals surface area contributed by atoms with Gasteiger partial charge in [-0.15, -0.1) is 0 Å². The maximum Gasteiger partial charge on any atom is 0.0833 e. The maximum absolute atomic E-state index is 9.10. The number of ether oxygens (including phenoxy) is 2. The van der Waals surface area contributed by atoms with Crippen LogP contribution in [0.1, 0.15) is 13.3 Å². The molecule has 0 saturated carbocycles. The second-order valence-electron chi connectivity index (χ2n) is 2.50. The lowest BCUT2D eigenvalue weighted by Gasteiger charge is -2.25. The Labute approximate surface area is 60.9 Å². The van der Waals surface area contributed by atoms with Gasteiger partial charge in [0.15, 0.2) is 0 Å². The second kappa shape index (κ2) is 3.91. The molecule has 1 aliphatic rings. The molecule has 0 aromatic heterocycles. The molecule has 0 spiro atoms. The number of rotatable bonds is 2. The first-order chi connectivity index (χ1) is 4.83. The van der Waals surface area contributed by atoms with Gasteiger partial charge < -0.3 is 14.6 Å². The predicted octanol–water partition coefficient (Wildman–Crippen LogP) is 0.173. The molecule has 0 radical (unpaired) electrons. The van der Waals surface area contributed by atoms with E-state index in [0.717, 1.165) is 0 Å². The van der Waals surface area contributed by atoms with Crippen LogP contribution in [0.25, 0.3) is 0 Å². The molecule has 1 saturated heterocycles. The van der Waals surface area contributed by atoms with Crippen LogP contribution >= 0.6 is 0 Å². The molecule has 1 fully saturated rings. The summed E-state index contributed by atoms with van der Waals surface area (Å²) in [5.74, 6) is 0. The quantitative estimate of drug-likeness (QED) is 0.603. The molecule has 0 aliphatic carbocycles. The van der Waals surface area contributed by atoms with Gasteiger partial charge in [0.25, 0.3) is 0 Å². The lowest BCUT2D eigenvalue weighted by atomic mass is 10.1. The average molecular weight is 146 g/mol. The molecule has 0 aromatic rings. The summed E-state index contributed by atoms with van der Waals surface area (Å²) in [6.07, 6.45) is 0.493. The minimum absolute atomic E-state index is 0.105.